The van der Waals surface area contributed by atoms with Crippen molar-refractivity contribution < 1.29 is 8.42 Å². The second kappa shape index (κ2) is 6.23. The third kappa shape index (κ3) is 4.02. The average molecular weight is 328 g/mol. The number of pyridine rings is 1. The lowest BCUT2D eigenvalue weighted by Crippen LogP contribution is -2.27. The molecule has 0 amide bonds. The van der Waals surface area contributed by atoms with Crippen LogP contribution in [0.2, 0.25) is 5.28 Å². The molecule has 2 aromatic heterocycles. The zero-order valence-corrected chi connectivity index (χ0v) is 13.1. The molecule has 0 radical (unpaired) electrons. The molecule has 0 aliphatic carbocycles. The van der Waals surface area contributed by atoms with Gasteiger partial charge in [-0.25, -0.2) is 23.4 Å². The monoisotopic (exact) mass is 327 g/mol. The molecule has 2 rings (SSSR count). The Balaban J connectivity index is 2.21. The van der Waals surface area contributed by atoms with E-state index >= 15 is 0 Å². The van der Waals surface area contributed by atoms with Crippen molar-refractivity contribution in [2.24, 2.45) is 0 Å². The highest BCUT2D eigenvalue weighted by Crippen LogP contribution is 2.19. The van der Waals surface area contributed by atoms with Gasteiger partial charge >= 0.3 is 0 Å². The van der Waals surface area contributed by atoms with Gasteiger partial charge in [-0.05, 0) is 23.7 Å². The molecule has 0 saturated carbocycles. The first-order valence-electron chi connectivity index (χ1n) is 5.98. The number of hydrogen-bond acceptors (Lipinski definition) is 6. The van der Waals surface area contributed by atoms with Crippen molar-refractivity contribution in [2.75, 3.05) is 22.9 Å². The van der Waals surface area contributed by atoms with Gasteiger partial charge in [0.25, 0.3) is 0 Å². The van der Waals surface area contributed by atoms with Crippen molar-refractivity contribution in [1.82, 2.24) is 15.0 Å². The van der Waals surface area contributed by atoms with Crippen LogP contribution >= 0.6 is 11.6 Å². The fraction of sp³-hybridized carbons (Fsp3) is 0.250. The van der Waals surface area contributed by atoms with Crippen LogP contribution in [0.3, 0.4) is 0 Å². The minimum absolute atomic E-state index is 0.139. The number of hydrogen-bond donors (Lipinski definition) is 1. The van der Waals surface area contributed by atoms with E-state index in [-0.39, 0.29) is 5.28 Å². The van der Waals surface area contributed by atoms with Gasteiger partial charge in [-0.3, -0.25) is 4.31 Å². The molecule has 0 spiro atoms. The van der Waals surface area contributed by atoms with E-state index in [4.69, 9.17) is 11.6 Å². The summed E-state index contributed by atoms with van der Waals surface area (Å²) in [5.41, 5.74) is 0.722. The molecule has 21 heavy (non-hydrogen) atoms. The molecule has 2 aromatic rings. The van der Waals surface area contributed by atoms with Crippen LogP contribution in [-0.4, -0.2) is 36.7 Å². The fourth-order valence-corrected chi connectivity index (χ4v) is 2.25. The molecule has 0 saturated heterocycles. The molecule has 0 fully saturated rings. The minimum atomic E-state index is -3.37. The van der Waals surface area contributed by atoms with Crippen molar-refractivity contribution in [1.29, 1.82) is 0 Å². The van der Waals surface area contributed by atoms with Crippen LogP contribution in [0.1, 0.15) is 5.56 Å². The van der Waals surface area contributed by atoms with E-state index in [0.717, 1.165) is 16.1 Å². The van der Waals surface area contributed by atoms with Crippen molar-refractivity contribution in [2.45, 2.75) is 6.54 Å². The Morgan fingerprint density at radius 3 is 2.71 bits per heavy atom. The maximum absolute atomic E-state index is 11.6. The molecule has 7 nitrogen and oxygen atoms in total. The van der Waals surface area contributed by atoms with E-state index in [9.17, 15) is 8.42 Å². The summed E-state index contributed by atoms with van der Waals surface area (Å²) in [5, 5.41) is 3.19. The van der Waals surface area contributed by atoms with Crippen LogP contribution in [0.25, 0.3) is 0 Å². The van der Waals surface area contributed by atoms with E-state index in [1.807, 2.05) is 0 Å². The van der Waals surface area contributed by atoms with E-state index in [2.05, 4.69) is 20.3 Å². The second-order valence-corrected chi connectivity index (χ2v) is 6.63. The molecular formula is C12H14ClN5O2S. The van der Waals surface area contributed by atoms with Crippen LogP contribution in [-0.2, 0) is 16.6 Å². The van der Waals surface area contributed by atoms with E-state index in [1.54, 1.807) is 24.4 Å². The van der Waals surface area contributed by atoms with Crippen molar-refractivity contribution >= 4 is 33.3 Å². The Labute approximate surface area is 128 Å². The lowest BCUT2D eigenvalue weighted by atomic mass is 10.2. The summed E-state index contributed by atoms with van der Waals surface area (Å²) >= 11 is 5.71. The van der Waals surface area contributed by atoms with Gasteiger partial charge in [0, 0.05) is 31.5 Å². The zero-order valence-electron chi connectivity index (χ0n) is 11.5. The maximum Gasteiger partial charge on any atom is 0.233 e. The predicted molar refractivity (Wildman–Crippen MR) is 81.9 cm³/mol. The summed E-state index contributed by atoms with van der Waals surface area (Å²) in [6.45, 7) is 0.358. The van der Waals surface area contributed by atoms with E-state index in [0.29, 0.717) is 18.2 Å². The highest BCUT2D eigenvalue weighted by molar-refractivity contribution is 7.92. The molecule has 0 bridgehead atoms. The standard InChI is InChI=1S/C12H14ClN5O2S/c1-18(21(2,19)20)11-9(4-3-6-14-11)8-16-10-5-7-15-12(13)17-10/h3-7H,8H2,1-2H3,(H,15,16,17). The van der Waals surface area contributed by atoms with Gasteiger partial charge in [0.15, 0.2) is 0 Å². The Hall–Kier alpha value is -1.93. The molecule has 0 aliphatic heterocycles. The van der Waals surface area contributed by atoms with Crippen LogP contribution in [0.4, 0.5) is 11.6 Å². The lowest BCUT2D eigenvalue weighted by Gasteiger charge is -2.19. The average Bonchev–Trinajstić information content (AvgIpc) is 2.44. The Bertz CT molecular complexity index is 738. The molecule has 0 aliphatic rings. The molecule has 1 N–H and O–H groups in total. The number of anilines is 2. The SMILES string of the molecule is CN(c1ncccc1CNc1ccnc(Cl)n1)S(C)(=O)=O. The minimum Gasteiger partial charge on any atom is -0.366 e. The van der Waals surface area contributed by atoms with Gasteiger partial charge in [-0.2, -0.15) is 0 Å². The molecule has 0 atom stereocenters. The summed E-state index contributed by atoms with van der Waals surface area (Å²) < 4.78 is 24.4. The Kier molecular flexibility index (Phi) is 4.59. The topological polar surface area (TPSA) is 88.1 Å². The van der Waals surface area contributed by atoms with Crippen LogP contribution in [0.5, 0.6) is 0 Å². The quantitative estimate of drug-likeness (QED) is 0.838. The summed E-state index contributed by atoms with van der Waals surface area (Å²) in [7, 11) is -1.91. The Morgan fingerprint density at radius 2 is 2.05 bits per heavy atom. The van der Waals surface area contributed by atoms with Crippen LogP contribution < -0.4 is 9.62 Å². The molecule has 2 heterocycles. The van der Waals surface area contributed by atoms with Gasteiger partial charge in [0.2, 0.25) is 15.3 Å². The van der Waals surface area contributed by atoms with Crippen molar-refractivity contribution in [3.63, 3.8) is 0 Å². The normalized spacial score (nSPS) is 11.2. The number of sulfonamides is 1. The van der Waals surface area contributed by atoms with Crippen molar-refractivity contribution in [3.05, 3.63) is 41.4 Å². The number of rotatable bonds is 5. The van der Waals surface area contributed by atoms with E-state index < -0.39 is 10.0 Å². The van der Waals surface area contributed by atoms with Crippen LogP contribution in [0, 0.1) is 0 Å². The Morgan fingerprint density at radius 1 is 1.29 bits per heavy atom. The van der Waals surface area contributed by atoms with Gasteiger partial charge in [0.1, 0.15) is 11.6 Å². The first-order chi connectivity index (χ1) is 9.88. The predicted octanol–water partition coefficient (Wildman–Crippen LogP) is 1.53. The lowest BCUT2D eigenvalue weighted by molar-refractivity contribution is 0.599. The fourth-order valence-electron chi connectivity index (χ4n) is 1.63. The molecule has 0 unspecified atom stereocenters. The summed E-state index contributed by atoms with van der Waals surface area (Å²) in [4.78, 5) is 11.9. The maximum atomic E-state index is 11.6. The number of nitrogens with one attached hydrogen (secondary N) is 1. The second-order valence-electron chi connectivity index (χ2n) is 4.28. The largest absolute Gasteiger partial charge is 0.366 e. The van der Waals surface area contributed by atoms with Crippen molar-refractivity contribution in [3.8, 4) is 0 Å². The smallest absolute Gasteiger partial charge is 0.233 e. The third-order valence-electron chi connectivity index (χ3n) is 2.75. The highest BCUT2D eigenvalue weighted by atomic mass is 35.5. The highest BCUT2D eigenvalue weighted by Gasteiger charge is 2.16. The third-order valence-corrected chi connectivity index (χ3v) is 4.10. The van der Waals surface area contributed by atoms with Crippen LogP contribution in [0.15, 0.2) is 30.6 Å². The first kappa shape index (κ1) is 15.5. The molecule has 0 aromatic carbocycles. The summed E-state index contributed by atoms with van der Waals surface area (Å²) in [6.07, 6.45) is 4.20. The van der Waals surface area contributed by atoms with Gasteiger partial charge in [-0.1, -0.05) is 6.07 Å². The molecule has 9 heteroatoms. The zero-order chi connectivity index (χ0) is 15.5. The number of aromatic nitrogens is 3. The van der Waals surface area contributed by atoms with Gasteiger partial charge in [-0.15, -0.1) is 0 Å². The summed E-state index contributed by atoms with van der Waals surface area (Å²) in [5.74, 6) is 0.916. The van der Waals surface area contributed by atoms with Gasteiger partial charge in [0.05, 0.1) is 6.26 Å². The number of halogens is 1. The summed E-state index contributed by atoms with van der Waals surface area (Å²) in [6, 6.07) is 5.20. The molecule has 112 valence electrons. The van der Waals surface area contributed by atoms with E-state index in [1.165, 1.54) is 13.2 Å². The first-order valence-corrected chi connectivity index (χ1v) is 8.21. The molecular weight excluding hydrogens is 314 g/mol. The number of nitrogens with zero attached hydrogens (tertiary/aromatic N) is 4. The van der Waals surface area contributed by atoms with Gasteiger partial charge < -0.3 is 5.32 Å².